The lowest BCUT2D eigenvalue weighted by Crippen LogP contribution is -2.35. The van der Waals surface area contributed by atoms with Crippen LogP contribution in [0.1, 0.15) is 60.4 Å². The maximum atomic E-state index is 14.4. The SMILES string of the molecule is Cc1cc(N2CCC(C#N)(C3CC3)C2=O)cc(C(=O)NCc2cc(F)cc(/C(=C/C(C)C)N(C)N)c2)n1. The van der Waals surface area contributed by atoms with Gasteiger partial charge in [0.15, 0.2) is 0 Å². The monoisotopic (exact) mass is 504 g/mol. The Labute approximate surface area is 216 Å². The summed E-state index contributed by atoms with van der Waals surface area (Å²) in [4.78, 5) is 32.2. The molecule has 2 amide bonds. The molecule has 2 aliphatic rings. The molecule has 1 saturated heterocycles. The molecule has 9 heteroatoms. The molecule has 4 rings (SSSR count). The van der Waals surface area contributed by atoms with Crippen molar-refractivity contribution in [2.24, 2.45) is 23.1 Å². The summed E-state index contributed by atoms with van der Waals surface area (Å²) in [5.41, 5.74) is 2.20. The molecule has 2 heterocycles. The molecule has 1 aliphatic heterocycles. The Morgan fingerprint density at radius 3 is 2.70 bits per heavy atom. The van der Waals surface area contributed by atoms with E-state index in [1.807, 2.05) is 19.9 Å². The van der Waals surface area contributed by atoms with Crippen LogP contribution in [0.25, 0.3) is 5.70 Å². The van der Waals surface area contributed by atoms with Crippen LogP contribution in [0.5, 0.6) is 0 Å². The van der Waals surface area contributed by atoms with Gasteiger partial charge in [0.05, 0.1) is 11.8 Å². The normalized spacial score (nSPS) is 19.8. The van der Waals surface area contributed by atoms with Gasteiger partial charge in [-0.1, -0.05) is 19.9 Å². The highest BCUT2D eigenvalue weighted by molar-refractivity contribution is 6.03. The second kappa shape index (κ2) is 10.3. The Hall–Kier alpha value is -3.77. The van der Waals surface area contributed by atoms with Crippen molar-refractivity contribution < 1.29 is 14.0 Å². The molecule has 1 aromatic heterocycles. The molecule has 1 aromatic carbocycles. The van der Waals surface area contributed by atoms with Crippen LogP contribution in [0.15, 0.2) is 36.4 Å². The molecule has 194 valence electrons. The first-order chi connectivity index (χ1) is 17.5. The van der Waals surface area contributed by atoms with Crippen LogP contribution in [-0.2, 0) is 11.3 Å². The van der Waals surface area contributed by atoms with E-state index < -0.39 is 17.1 Å². The van der Waals surface area contributed by atoms with Gasteiger partial charge < -0.3 is 15.2 Å². The van der Waals surface area contributed by atoms with E-state index >= 15 is 0 Å². The van der Waals surface area contributed by atoms with Crippen LogP contribution in [-0.4, -0.2) is 35.4 Å². The fraction of sp³-hybridized carbons (Fsp3) is 0.429. The quantitative estimate of drug-likeness (QED) is 0.416. The van der Waals surface area contributed by atoms with E-state index in [0.29, 0.717) is 41.2 Å². The first-order valence-electron chi connectivity index (χ1n) is 12.5. The third-order valence-corrected chi connectivity index (χ3v) is 6.89. The highest BCUT2D eigenvalue weighted by atomic mass is 19.1. The molecular formula is C28H33FN6O2. The number of pyridine rings is 1. The number of hydrazine groups is 1. The van der Waals surface area contributed by atoms with Crippen molar-refractivity contribution in [3.63, 3.8) is 0 Å². The van der Waals surface area contributed by atoms with E-state index in [1.165, 1.54) is 17.1 Å². The minimum Gasteiger partial charge on any atom is -0.347 e. The van der Waals surface area contributed by atoms with Crippen molar-refractivity contribution in [2.45, 2.75) is 46.6 Å². The Kier molecular flexibility index (Phi) is 7.32. The zero-order valence-electron chi connectivity index (χ0n) is 21.7. The predicted octanol–water partition coefficient (Wildman–Crippen LogP) is 3.92. The Balaban J connectivity index is 1.52. The van der Waals surface area contributed by atoms with Gasteiger partial charge in [-0.3, -0.25) is 9.59 Å². The Morgan fingerprint density at radius 1 is 1.35 bits per heavy atom. The van der Waals surface area contributed by atoms with Crippen LogP contribution in [0.4, 0.5) is 10.1 Å². The third kappa shape index (κ3) is 5.49. The predicted molar refractivity (Wildman–Crippen MR) is 139 cm³/mol. The summed E-state index contributed by atoms with van der Waals surface area (Å²) in [5, 5.41) is 14.0. The van der Waals surface area contributed by atoms with Crippen molar-refractivity contribution in [3.05, 3.63) is 64.7 Å². The van der Waals surface area contributed by atoms with Gasteiger partial charge in [-0.2, -0.15) is 5.26 Å². The lowest BCUT2D eigenvalue weighted by atomic mass is 9.83. The number of amides is 2. The number of hydrogen-bond donors (Lipinski definition) is 2. The molecule has 1 atom stereocenters. The van der Waals surface area contributed by atoms with Gasteiger partial charge in [-0.05, 0) is 73.9 Å². The number of hydrogen-bond acceptors (Lipinski definition) is 6. The number of carbonyl (C=O) groups is 2. The van der Waals surface area contributed by atoms with Gasteiger partial charge in [0.1, 0.15) is 16.9 Å². The summed E-state index contributed by atoms with van der Waals surface area (Å²) in [6, 6.07) is 10.2. The molecule has 2 fully saturated rings. The van der Waals surface area contributed by atoms with Crippen molar-refractivity contribution in [1.82, 2.24) is 15.3 Å². The van der Waals surface area contributed by atoms with Crippen molar-refractivity contribution in [1.29, 1.82) is 5.26 Å². The Morgan fingerprint density at radius 2 is 2.08 bits per heavy atom. The first-order valence-corrected chi connectivity index (χ1v) is 12.5. The van der Waals surface area contributed by atoms with Crippen molar-refractivity contribution in [2.75, 3.05) is 18.5 Å². The van der Waals surface area contributed by atoms with Crippen LogP contribution in [0, 0.1) is 41.3 Å². The topological polar surface area (TPSA) is 115 Å². The van der Waals surface area contributed by atoms with E-state index in [4.69, 9.17) is 5.84 Å². The van der Waals surface area contributed by atoms with Crippen molar-refractivity contribution in [3.8, 4) is 6.07 Å². The Bertz CT molecular complexity index is 1290. The number of benzene rings is 1. The van der Waals surface area contributed by atoms with E-state index in [1.54, 1.807) is 37.1 Å². The van der Waals surface area contributed by atoms with Crippen LogP contribution in [0.2, 0.25) is 0 Å². The third-order valence-electron chi connectivity index (χ3n) is 6.89. The summed E-state index contributed by atoms with van der Waals surface area (Å²) < 4.78 is 14.4. The number of allylic oxidation sites excluding steroid dienone is 1. The molecule has 0 radical (unpaired) electrons. The van der Waals surface area contributed by atoms with Crippen LogP contribution >= 0.6 is 0 Å². The number of nitriles is 1. The number of anilines is 1. The van der Waals surface area contributed by atoms with Gasteiger partial charge in [-0.15, -0.1) is 0 Å². The van der Waals surface area contributed by atoms with E-state index in [2.05, 4.69) is 16.4 Å². The summed E-state index contributed by atoms with van der Waals surface area (Å²) in [6.45, 7) is 6.29. The molecule has 1 unspecified atom stereocenters. The number of nitrogens with two attached hydrogens (primary N) is 1. The summed E-state index contributed by atoms with van der Waals surface area (Å²) in [5.74, 6) is 5.23. The second-order valence-corrected chi connectivity index (χ2v) is 10.4. The van der Waals surface area contributed by atoms with E-state index in [-0.39, 0.29) is 30.0 Å². The standard InChI is InChI=1S/C28H33FN6O2/c1-17(2)9-25(34(4)31)20-11-19(12-22(29)13-20)15-32-26(36)24-14-23(10-18(3)33-24)35-8-7-28(16-30,27(35)37)21-5-6-21/h9-14,17,21H,5-8,15,31H2,1-4H3,(H,32,36)/b25-9-. The molecule has 0 spiro atoms. The lowest BCUT2D eigenvalue weighted by Gasteiger charge is -2.21. The second-order valence-electron chi connectivity index (χ2n) is 10.4. The molecule has 0 bridgehead atoms. The highest BCUT2D eigenvalue weighted by Crippen LogP contribution is 2.51. The van der Waals surface area contributed by atoms with Crippen molar-refractivity contribution >= 4 is 23.2 Å². The molecule has 2 aromatic rings. The number of halogens is 1. The van der Waals surface area contributed by atoms with Gasteiger partial charge in [0.25, 0.3) is 5.91 Å². The summed E-state index contributed by atoms with van der Waals surface area (Å²) in [6.07, 6.45) is 4.23. The summed E-state index contributed by atoms with van der Waals surface area (Å²) in [7, 11) is 1.69. The number of nitrogens with one attached hydrogen (secondary N) is 1. The van der Waals surface area contributed by atoms with Gasteiger partial charge in [0, 0.05) is 37.1 Å². The molecular weight excluding hydrogens is 471 g/mol. The first kappa shape index (κ1) is 26.3. The fourth-order valence-electron chi connectivity index (χ4n) is 4.96. The number of aromatic nitrogens is 1. The van der Waals surface area contributed by atoms with Gasteiger partial charge in [0.2, 0.25) is 5.91 Å². The van der Waals surface area contributed by atoms with Gasteiger partial charge >= 0.3 is 0 Å². The maximum Gasteiger partial charge on any atom is 0.270 e. The average Bonchev–Trinajstić information content (AvgIpc) is 3.63. The number of carbonyl (C=O) groups excluding carboxylic acids is 2. The minimum atomic E-state index is -0.963. The van der Waals surface area contributed by atoms with Crippen LogP contribution < -0.4 is 16.1 Å². The molecule has 3 N–H and O–H groups in total. The van der Waals surface area contributed by atoms with Gasteiger partial charge in [-0.25, -0.2) is 15.2 Å². The highest BCUT2D eigenvalue weighted by Gasteiger charge is 2.56. The average molecular weight is 505 g/mol. The maximum absolute atomic E-state index is 14.4. The van der Waals surface area contributed by atoms with E-state index in [0.717, 1.165) is 12.8 Å². The molecule has 8 nitrogen and oxygen atoms in total. The van der Waals surface area contributed by atoms with E-state index in [9.17, 15) is 19.2 Å². The van der Waals surface area contributed by atoms with Crippen LogP contribution in [0.3, 0.4) is 0 Å². The number of aryl methyl sites for hydroxylation is 1. The smallest absolute Gasteiger partial charge is 0.270 e. The summed E-state index contributed by atoms with van der Waals surface area (Å²) >= 11 is 0. The largest absolute Gasteiger partial charge is 0.347 e. The minimum absolute atomic E-state index is 0.0830. The zero-order chi connectivity index (χ0) is 26.9. The fourth-order valence-corrected chi connectivity index (χ4v) is 4.96. The number of nitrogens with zero attached hydrogens (tertiary/aromatic N) is 4. The molecule has 37 heavy (non-hydrogen) atoms. The lowest BCUT2D eigenvalue weighted by molar-refractivity contribution is -0.123. The number of rotatable bonds is 8. The molecule has 1 saturated carbocycles. The molecule has 1 aliphatic carbocycles. The zero-order valence-corrected chi connectivity index (χ0v) is 21.7.